The lowest BCUT2D eigenvalue weighted by atomic mass is 9.97. The van der Waals surface area contributed by atoms with Crippen LogP contribution < -0.4 is 5.32 Å². The summed E-state index contributed by atoms with van der Waals surface area (Å²) in [6.07, 6.45) is 0.617. The fourth-order valence-electron chi connectivity index (χ4n) is 3.54. The van der Waals surface area contributed by atoms with Gasteiger partial charge in [0.1, 0.15) is 11.6 Å². The van der Waals surface area contributed by atoms with Gasteiger partial charge in [0.2, 0.25) is 0 Å². The summed E-state index contributed by atoms with van der Waals surface area (Å²) in [5.74, 6) is -0.0276. The number of rotatable bonds is 3. The minimum atomic E-state index is -0.279. The van der Waals surface area contributed by atoms with E-state index in [4.69, 9.17) is 17.3 Å². The van der Waals surface area contributed by atoms with Crippen LogP contribution in [0, 0.1) is 19.7 Å². The fraction of sp³-hybridized carbons (Fsp3) is 0.167. The Bertz CT molecular complexity index is 1130. The van der Waals surface area contributed by atoms with Gasteiger partial charge in [-0.1, -0.05) is 30.3 Å². The second-order valence-electron chi connectivity index (χ2n) is 7.41. The van der Waals surface area contributed by atoms with E-state index < -0.39 is 0 Å². The van der Waals surface area contributed by atoms with Crippen LogP contribution in [0.5, 0.6) is 5.75 Å². The Labute approximate surface area is 180 Å². The molecule has 3 aromatic rings. The number of benzene rings is 3. The highest BCUT2D eigenvalue weighted by atomic mass is 32.1. The molecule has 1 atom stereocenters. The second kappa shape index (κ2) is 8.24. The zero-order valence-electron chi connectivity index (χ0n) is 16.8. The zero-order valence-corrected chi connectivity index (χ0v) is 17.6. The number of thiocarbonyl (C=S) groups is 1. The van der Waals surface area contributed by atoms with Crippen LogP contribution >= 0.6 is 12.2 Å². The molecule has 0 bridgehead atoms. The smallest absolute Gasteiger partial charge is 0.194 e. The molecule has 30 heavy (non-hydrogen) atoms. The van der Waals surface area contributed by atoms with Crippen molar-refractivity contribution in [1.29, 1.82) is 0 Å². The molecule has 1 aliphatic rings. The van der Waals surface area contributed by atoms with E-state index in [1.165, 1.54) is 12.1 Å². The molecule has 0 aromatic heterocycles. The van der Waals surface area contributed by atoms with Crippen LogP contribution in [0.1, 0.15) is 34.7 Å². The Balaban J connectivity index is 1.68. The molecule has 0 fully saturated rings. The predicted octanol–water partition coefficient (Wildman–Crippen LogP) is 5.70. The van der Waals surface area contributed by atoms with Crippen molar-refractivity contribution in [2.75, 3.05) is 5.32 Å². The molecule has 0 amide bonds. The molecule has 4 nitrogen and oxygen atoms in total. The summed E-state index contributed by atoms with van der Waals surface area (Å²) < 4.78 is 13.5. The first kappa shape index (κ1) is 20.0. The van der Waals surface area contributed by atoms with Gasteiger partial charge in [0, 0.05) is 12.1 Å². The molecular formula is C24H22FN3OS. The van der Waals surface area contributed by atoms with Gasteiger partial charge >= 0.3 is 0 Å². The van der Waals surface area contributed by atoms with Crippen molar-refractivity contribution in [3.05, 3.63) is 94.8 Å². The third-order valence-corrected chi connectivity index (χ3v) is 5.58. The predicted molar refractivity (Wildman–Crippen MR) is 122 cm³/mol. The average Bonchev–Trinajstić information content (AvgIpc) is 3.18. The van der Waals surface area contributed by atoms with E-state index in [1.807, 2.05) is 50.2 Å². The third kappa shape index (κ3) is 4.04. The minimum Gasteiger partial charge on any atom is -0.508 e. The summed E-state index contributed by atoms with van der Waals surface area (Å²) in [5.41, 5.74) is 5.51. The van der Waals surface area contributed by atoms with E-state index >= 15 is 0 Å². The SMILES string of the molecule is Cc1cc(C2=NN(C(=S)Nc3ccccc3C)C(c3ccc(F)cc3)C2)ccc1O. The Kier molecular flexibility index (Phi) is 5.50. The van der Waals surface area contributed by atoms with Crippen molar-refractivity contribution in [2.45, 2.75) is 26.3 Å². The average molecular weight is 420 g/mol. The first-order valence-corrected chi connectivity index (χ1v) is 10.1. The van der Waals surface area contributed by atoms with E-state index in [-0.39, 0.29) is 17.6 Å². The van der Waals surface area contributed by atoms with Crippen LogP contribution in [0.25, 0.3) is 0 Å². The quantitative estimate of drug-likeness (QED) is 0.535. The normalized spacial score (nSPS) is 15.8. The number of phenolic OH excluding ortho intramolecular Hbond substituents is 1. The van der Waals surface area contributed by atoms with Crippen LogP contribution in [0.2, 0.25) is 0 Å². The molecule has 1 heterocycles. The summed E-state index contributed by atoms with van der Waals surface area (Å²) in [7, 11) is 0. The van der Waals surface area contributed by atoms with Crippen molar-refractivity contribution >= 4 is 28.7 Å². The number of aromatic hydroxyl groups is 1. The number of aryl methyl sites for hydroxylation is 2. The Morgan fingerprint density at radius 1 is 1.07 bits per heavy atom. The van der Waals surface area contributed by atoms with Gasteiger partial charge in [-0.3, -0.25) is 0 Å². The topological polar surface area (TPSA) is 47.9 Å². The number of hydrazone groups is 1. The minimum absolute atomic E-state index is 0.154. The summed E-state index contributed by atoms with van der Waals surface area (Å²) in [4.78, 5) is 0. The van der Waals surface area contributed by atoms with Crippen molar-refractivity contribution in [2.24, 2.45) is 5.10 Å². The summed E-state index contributed by atoms with van der Waals surface area (Å²) >= 11 is 5.70. The van der Waals surface area contributed by atoms with Gasteiger partial charge in [0.05, 0.1) is 11.8 Å². The van der Waals surface area contributed by atoms with Gasteiger partial charge in [-0.15, -0.1) is 0 Å². The van der Waals surface area contributed by atoms with Gasteiger partial charge < -0.3 is 10.4 Å². The highest BCUT2D eigenvalue weighted by Crippen LogP contribution is 2.34. The maximum Gasteiger partial charge on any atom is 0.194 e. The lowest BCUT2D eigenvalue weighted by molar-refractivity contribution is 0.375. The molecule has 2 N–H and O–H groups in total. The van der Waals surface area contributed by atoms with Crippen LogP contribution in [0.15, 0.2) is 71.8 Å². The van der Waals surface area contributed by atoms with Crippen LogP contribution in [-0.4, -0.2) is 20.9 Å². The lowest BCUT2D eigenvalue weighted by Crippen LogP contribution is -2.31. The van der Waals surface area contributed by atoms with Crippen molar-refractivity contribution in [1.82, 2.24) is 5.01 Å². The highest BCUT2D eigenvalue weighted by molar-refractivity contribution is 7.80. The van der Waals surface area contributed by atoms with E-state index in [1.54, 1.807) is 23.2 Å². The molecule has 3 aromatic carbocycles. The summed E-state index contributed by atoms with van der Waals surface area (Å²) in [5, 5.41) is 20.2. The first-order valence-electron chi connectivity index (χ1n) is 9.71. The molecule has 6 heteroatoms. The molecule has 0 spiro atoms. The van der Waals surface area contributed by atoms with Crippen LogP contribution in [0.3, 0.4) is 0 Å². The van der Waals surface area contributed by atoms with Crippen LogP contribution in [-0.2, 0) is 0 Å². The van der Waals surface area contributed by atoms with Crippen molar-refractivity contribution in [3.8, 4) is 5.75 Å². The van der Waals surface area contributed by atoms with Crippen molar-refractivity contribution < 1.29 is 9.50 Å². The summed E-state index contributed by atoms with van der Waals surface area (Å²) in [6, 6.07) is 19.6. The number of halogens is 1. The molecule has 0 saturated carbocycles. The van der Waals surface area contributed by atoms with Gasteiger partial charge in [-0.05, 0) is 84.7 Å². The van der Waals surface area contributed by atoms with Gasteiger partial charge in [0.15, 0.2) is 5.11 Å². The highest BCUT2D eigenvalue weighted by Gasteiger charge is 2.31. The number of nitrogens with zero attached hydrogens (tertiary/aromatic N) is 2. The van der Waals surface area contributed by atoms with Gasteiger partial charge in [0.25, 0.3) is 0 Å². The van der Waals surface area contributed by atoms with E-state index in [0.29, 0.717) is 11.5 Å². The number of nitrogens with one attached hydrogen (secondary N) is 1. The van der Waals surface area contributed by atoms with Crippen molar-refractivity contribution in [3.63, 3.8) is 0 Å². The molecule has 0 aliphatic carbocycles. The van der Waals surface area contributed by atoms with E-state index in [2.05, 4.69) is 5.32 Å². The number of hydrogen-bond donors (Lipinski definition) is 2. The maximum atomic E-state index is 13.5. The third-order valence-electron chi connectivity index (χ3n) is 5.29. The van der Waals surface area contributed by atoms with E-state index in [0.717, 1.165) is 33.7 Å². The Morgan fingerprint density at radius 3 is 2.50 bits per heavy atom. The molecular weight excluding hydrogens is 397 g/mol. The molecule has 1 aliphatic heterocycles. The summed E-state index contributed by atoms with van der Waals surface area (Å²) in [6.45, 7) is 3.87. The zero-order chi connectivity index (χ0) is 21.3. The maximum absolute atomic E-state index is 13.5. The van der Waals surface area contributed by atoms with Gasteiger partial charge in [-0.2, -0.15) is 5.10 Å². The Morgan fingerprint density at radius 2 is 1.80 bits per heavy atom. The molecule has 1 unspecified atom stereocenters. The lowest BCUT2D eigenvalue weighted by Gasteiger charge is -2.25. The molecule has 0 saturated heterocycles. The molecule has 152 valence electrons. The second-order valence-corrected chi connectivity index (χ2v) is 7.80. The Hall–Kier alpha value is -3.25. The molecule has 4 rings (SSSR count). The number of para-hydroxylation sites is 1. The largest absolute Gasteiger partial charge is 0.508 e. The standard InChI is InChI=1S/C24H22FN3OS/c1-15-5-3-4-6-20(15)26-24(30)28-22(17-7-10-19(25)11-8-17)14-21(27-28)18-9-12-23(29)16(2)13-18/h3-13,22,29H,14H2,1-2H3,(H,26,30). The number of phenols is 1. The first-order chi connectivity index (χ1) is 14.4. The fourth-order valence-corrected chi connectivity index (χ4v) is 3.82. The number of anilines is 1. The van der Waals surface area contributed by atoms with Crippen LogP contribution in [0.4, 0.5) is 10.1 Å². The number of hydrogen-bond acceptors (Lipinski definition) is 3. The molecule has 0 radical (unpaired) electrons. The van der Waals surface area contributed by atoms with E-state index in [9.17, 15) is 9.50 Å². The van der Waals surface area contributed by atoms with Gasteiger partial charge in [-0.25, -0.2) is 9.40 Å². The monoisotopic (exact) mass is 419 g/mol.